The van der Waals surface area contributed by atoms with Gasteiger partial charge in [-0.1, -0.05) is 18.2 Å². The fourth-order valence-electron chi connectivity index (χ4n) is 1.76. The van der Waals surface area contributed by atoms with Crippen LogP contribution >= 0.6 is 0 Å². The molecular weight excluding hydrogens is 298 g/mol. The number of carbonyl (C=O) groups excluding carboxylic acids is 1. The Morgan fingerprint density at radius 2 is 1.50 bits per heavy atom. The topological polar surface area (TPSA) is 55.4 Å². The number of hydrogen-bond acceptors (Lipinski definition) is 3. The third kappa shape index (κ3) is 4.70. The van der Waals surface area contributed by atoms with Crippen molar-refractivity contribution in [2.45, 2.75) is 36.2 Å². The van der Waals surface area contributed by atoms with Crippen LogP contribution < -0.4 is 5.32 Å². The van der Waals surface area contributed by atoms with Crippen LogP contribution in [0.1, 0.15) is 20.8 Å². The standard InChI is InChI=1S/C17H19NO3S/c1-17(2,3)21-16(19)18-13-9-11-15(12-10-13)22(20)14-7-5-4-6-8-14/h4-12H,1-3H3,(H,18,19). The van der Waals surface area contributed by atoms with Gasteiger partial charge in [0.05, 0.1) is 10.8 Å². The first-order chi connectivity index (χ1) is 10.3. The molecule has 0 heterocycles. The third-order valence-corrected chi connectivity index (χ3v) is 4.07. The summed E-state index contributed by atoms with van der Waals surface area (Å²) in [6.45, 7) is 5.41. The van der Waals surface area contributed by atoms with Crippen LogP contribution in [-0.2, 0) is 15.5 Å². The summed E-state index contributed by atoms with van der Waals surface area (Å²) in [7, 11) is -1.23. The Bertz CT molecular complexity index is 661. The van der Waals surface area contributed by atoms with Crippen LogP contribution in [0.25, 0.3) is 0 Å². The predicted molar refractivity (Wildman–Crippen MR) is 87.4 cm³/mol. The molecule has 1 N–H and O–H groups in total. The van der Waals surface area contributed by atoms with E-state index in [9.17, 15) is 9.00 Å². The zero-order valence-corrected chi connectivity index (χ0v) is 13.6. The van der Waals surface area contributed by atoms with E-state index in [0.717, 1.165) is 4.90 Å². The minimum absolute atomic E-state index is 0.510. The van der Waals surface area contributed by atoms with Gasteiger partial charge in [-0.3, -0.25) is 5.32 Å². The van der Waals surface area contributed by atoms with Crippen LogP contribution in [0.2, 0.25) is 0 Å². The van der Waals surface area contributed by atoms with Crippen LogP contribution in [0.5, 0.6) is 0 Å². The minimum atomic E-state index is -1.23. The van der Waals surface area contributed by atoms with Gasteiger partial charge in [0.1, 0.15) is 5.60 Å². The van der Waals surface area contributed by atoms with E-state index in [-0.39, 0.29) is 0 Å². The molecule has 0 spiro atoms. The van der Waals surface area contributed by atoms with E-state index in [1.54, 1.807) is 45.0 Å². The quantitative estimate of drug-likeness (QED) is 0.923. The molecule has 0 aliphatic carbocycles. The van der Waals surface area contributed by atoms with E-state index in [1.165, 1.54) is 0 Å². The number of nitrogens with one attached hydrogen (secondary N) is 1. The molecule has 0 aliphatic heterocycles. The second-order valence-corrected chi connectivity index (χ2v) is 7.21. The Hall–Kier alpha value is -2.14. The van der Waals surface area contributed by atoms with Crippen LogP contribution in [0, 0.1) is 0 Å². The van der Waals surface area contributed by atoms with E-state index in [1.807, 2.05) is 30.3 Å². The van der Waals surface area contributed by atoms with Gasteiger partial charge in [-0.15, -0.1) is 0 Å². The van der Waals surface area contributed by atoms with Gasteiger partial charge in [-0.2, -0.15) is 0 Å². The monoisotopic (exact) mass is 317 g/mol. The van der Waals surface area contributed by atoms with Gasteiger partial charge in [0.2, 0.25) is 0 Å². The summed E-state index contributed by atoms with van der Waals surface area (Å²) < 4.78 is 17.5. The molecule has 1 amide bonds. The van der Waals surface area contributed by atoms with E-state index in [2.05, 4.69) is 5.32 Å². The fourth-order valence-corrected chi connectivity index (χ4v) is 2.82. The Balaban J connectivity index is 2.05. The first-order valence-electron chi connectivity index (χ1n) is 6.92. The smallest absolute Gasteiger partial charge is 0.412 e. The molecule has 0 aromatic heterocycles. The number of amides is 1. The van der Waals surface area contributed by atoms with Crippen molar-refractivity contribution in [2.75, 3.05) is 5.32 Å². The normalized spacial score (nSPS) is 12.5. The molecule has 0 bridgehead atoms. The molecule has 116 valence electrons. The number of ether oxygens (including phenoxy) is 1. The fraction of sp³-hybridized carbons (Fsp3) is 0.235. The molecule has 0 radical (unpaired) electrons. The largest absolute Gasteiger partial charge is 0.444 e. The van der Waals surface area contributed by atoms with Crippen molar-refractivity contribution >= 4 is 22.6 Å². The van der Waals surface area contributed by atoms with Crippen molar-refractivity contribution in [3.05, 3.63) is 54.6 Å². The lowest BCUT2D eigenvalue weighted by atomic mass is 10.2. The summed E-state index contributed by atoms with van der Waals surface area (Å²) in [5.74, 6) is 0. The van der Waals surface area contributed by atoms with Crippen LogP contribution in [0.15, 0.2) is 64.4 Å². The SMILES string of the molecule is CC(C)(C)OC(=O)Nc1ccc(S(=O)c2ccccc2)cc1. The highest BCUT2D eigenvalue weighted by atomic mass is 32.2. The van der Waals surface area contributed by atoms with Gasteiger partial charge in [0.15, 0.2) is 0 Å². The van der Waals surface area contributed by atoms with Crippen molar-refractivity contribution in [1.29, 1.82) is 0 Å². The van der Waals surface area contributed by atoms with E-state index in [4.69, 9.17) is 4.74 Å². The van der Waals surface area contributed by atoms with E-state index in [0.29, 0.717) is 10.6 Å². The van der Waals surface area contributed by atoms with Gasteiger partial charge >= 0.3 is 6.09 Å². The number of carbonyl (C=O) groups is 1. The van der Waals surface area contributed by atoms with Crippen LogP contribution in [-0.4, -0.2) is 15.9 Å². The lowest BCUT2D eigenvalue weighted by Gasteiger charge is -2.19. The highest BCUT2D eigenvalue weighted by Gasteiger charge is 2.16. The number of hydrogen-bond donors (Lipinski definition) is 1. The maximum atomic E-state index is 12.4. The molecule has 0 fully saturated rings. The van der Waals surface area contributed by atoms with Crippen molar-refractivity contribution < 1.29 is 13.7 Å². The van der Waals surface area contributed by atoms with Crippen molar-refractivity contribution in [3.63, 3.8) is 0 Å². The molecule has 0 aliphatic rings. The highest BCUT2D eigenvalue weighted by Crippen LogP contribution is 2.19. The molecule has 0 saturated heterocycles. The highest BCUT2D eigenvalue weighted by molar-refractivity contribution is 7.85. The second-order valence-electron chi connectivity index (χ2n) is 5.73. The average Bonchev–Trinajstić information content (AvgIpc) is 2.46. The first-order valence-corrected chi connectivity index (χ1v) is 8.07. The van der Waals surface area contributed by atoms with Gasteiger partial charge in [0.25, 0.3) is 0 Å². The van der Waals surface area contributed by atoms with Crippen molar-refractivity contribution in [1.82, 2.24) is 0 Å². The lowest BCUT2D eigenvalue weighted by Crippen LogP contribution is -2.27. The van der Waals surface area contributed by atoms with Gasteiger partial charge < -0.3 is 4.74 Å². The molecule has 2 rings (SSSR count). The maximum Gasteiger partial charge on any atom is 0.412 e. The maximum absolute atomic E-state index is 12.4. The summed E-state index contributed by atoms with van der Waals surface area (Å²) in [6, 6.07) is 16.1. The van der Waals surface area contributed by atoms with Crippen LogP contribution in [0.3, 0.4) is 0 Å². The summed E-state index contributed by atoms with van der Waals surface area (Å²) in [5.41, 5.74) is 0.0572. The van der Waals surface area contributed by atoms with Gasteiger partial charge in [-0.25, -0.2) is 9.00 Å². The summed E-state index contributed by atoms with van der Waals surface area (Å²) in [5, 5.41) is 2.64. The molecule has 5 heteroatoms. The zero-order chi connectivity index (χ0) is 16.2. The Kier molecular flexibility index (Phi) is 4.98. The van der Waals surface area contributed by atoms with E-state index >= 15 is 0 Å². The van der Waals surface area contributed by atoms with Crippen molar-refractivity contribution in [3.8, 4) is 0 Å². The number of benzene rings is 2. The first kappa shape index (κ1) is 16.2. The predicted octanol–water partition coefficient (Wildman–Crippen LogP) is 4.20. The van der Waals surface area contributed by atoms with Gasteiger partial charge in [0, 0.05) is 15.5 Å². The molecule has 1 atom stereocenters. The number of rotatable bonds is 3. The molecule has 22 heavy (non-hydrogen) atoms. The molecule has 4 nitrogen and oxygen atoms in total. The summed E-state index contributed by atoms with van der Waals surface area (Å²) in [6.07, 6.45) is -0.510. The van der Waals surface area contributed by atoms with Crippen molar-refractivity contribution in [2.24, 2.45) is 0 Å². The summed E-state index contributed by atoms with van der Waals surface area (Å²) >= 11 is 0. The second kappa shape index (κ2) is 6.75. The molecule has 0 saturated carbocycles. The average molecular weight is 317 g/mol. The van der Waals surface area contributed by atoms with E-state index < -0.39 is 22.5 Å². The van der Waals surface area contributed by atoms with Crippen LogP contribution in [0.4, 0.5) is 10.5 Å². The van der Waals surface area contributed by atoms with Gasteiger partial charge in [-0.05, 0) is 57.2 Å². The number of anilines is 1. The molecular formula is C17H19NO3S. The minimum Gasteiger partial charge on any atom is -0.444 e. The Morgan fingerprint density at radius 1 is 0.955 bits per heavy atom. The Labute approximate surface area is 133 Å². The Morgan fingerprint density at radius 3 is 2.05 bits per heavy atom. The molecule has 2 aromatic carbocycles. The summed E-state index contributed by atoms with van der Waals surface area (Å²) in [4.78, 5) is 13.1. The molecule has 2 aromatic rings. The lowest BCUT2D eigenvalue weighted by molar-refractivity contribution is 0.0636. The molecule has 1 unspecified atom stereocenters. The zero-order valence-electron chi connectivity index (χ0n) is 12.8. The third-order valence-electron chi connectivity index (χ3n) is 2.67.